The molecule has 0 spiro atoms. The molecule has 18 heavy (non-hydrogen) atoms. The molecule has 0 aliphatic heterocycles. The first-order valence-corrected chi connectivity index (χ1v) is 7.95. The van der Waals surface area contributed by atoms with E-state index in [1.165, 1.54) is 12.1 Å². The zero-order chi connectivity index (χ0) is 14.0. The van der Waals surface area contributed by atoms with Crippen molar-refractivity contribution < 1.29 is 8.42 Å². The summed E-state index contributed by atoms with van der Waals surface area (Å²) in [5.74, 6) is -0.00959. The van der Waals surface area contributed by atoms with Gasteiger partial charge in [0.15, 0.2) is 9.84 Å². The fourth-order valence-electron chi connectivity index (χ4n) is 1.39. The van der Waals surface area contributed by atoms with E-state index in [2.05, 4.69) is 5.32 Å². The van der Waals surface area contributed by atoms with Crippen molar-refractivity contribution in [1.82, 2.24) is 5.32 Å². The van der Waals surface area contributed by atoms with Gasteiger partial charge in [0, 0.05) is 17.1 Å². The van der Waals surface area contributed by atoms with Crippen LogP contribution >= 0.6 is 23.2 Å². The fraction of sp³-hybridized carbons (Fsp3) is 0.500. The van der Waals surface area contributed by atoms with Gasteiger partial charge < -0.3 is 5.32 Å². The van der Waals surface area contributed by atoms with E-state index in [1.54, 1.807) is 6.07 Å². The Morgan fingerprint density at radius 3 is 2.39 bits per heavy atom. The van der Waals surface area contributed by atoms with Gasteiger partial charge >= 0.3 is 0 Å². The van der Waals surface area contributed by atoms with E-state index in [4.69, 9.17) is 23.2 Å². The second-order valence-corrected chi connectivity index (χ2v) is 7.99. The number of hydrogen-bond donors (Lipinski definition) is 1. The maximum absolute atomic E-state index is 12.1. The highest BCUT2D eigenvalue weighted by molar-refractivity contribution is 7.91. The minimum Gasteiger partial charge on any atom is -0.311 e. The Labute approximate surface area is 118 Å². The van der Waals surface area contributed by atoms with Gasteiger partial charge in [0.2, 0.25) is 0 Å². The molecule has 0 saturated heterocycles. The standard InChI is InChI=1S/C12H17Cl2NO2S/c1-12(2,3)15-6-7-18(16,17)11-8-9(13)4-5-10(11)14/h4-5,8,15H,6-7H2,1-3H3. The third kappa shape index (κ3) is 4.76. The number of rotatable bonds is 4. The first kappa shape index (κ1) is 15.8. The molecule has 0 atom stereocenters. The van der Waals surface area contributed by atoms with Gasteiger partial charge in [-0.05, 0) is 39.0 Å². The molecule has 0 bridgehead atoms. The molecule has 102 valence electrons. The molecule has 0 amide bonds. The molecule has 0 heterocycles. The first-order chi connectivity index (χ1) is 8.12. The molecule has 1 aromatic carbocycles. The monoisotopic (exact) mass is 309 g/mol. The van der Waals surface area contributed by atoms with Crippen molar-refractivity contribution in [2.45, 2.75) is 31.2 Å². The molecule has 0 unspecified atom stereocenters. The van der Waals surface area contributed by atoms with E-state index in [9.17, 15) is 8.42 Å². The molecule has 1 aromatic rings. The maximum atomic E-state index is 12.1. The zero-order valence-corrected chi connectivity index (χ0v) is 13.0. The number of halogens is 2. The Morgan fingerprint density at radius 1 is 1.22 bits per heavy atom. The Kier molecular flexibility index (Phi) is 5.06. The van der Waals surface area contributed by atoms with Gasteiger partial charge in [-0.1, -0.05) is 23.2 Å². The van der Waals surface area contributed by atoms with Gasteiger partial charge in [-0.3, -0.25) is 0 Å². The van der Waals surface area contributed by atoms with Crippen molar-refractivity contribution in [1.29, 1.82) is 0 Å². The summed E-state index contributed by atoms with van der Waals surface area (Å²) in [6.45, 7) is 6.30. The highest BCUT2D eigenvalue weighted by Crippen LogP contribution is 2.25. The lowest BCUT2D eigenvalue weighted by molar-refractivity contribution is 0.439. The summed E-state index contributed by atoms with van der Waals surface area (Å²) in [5.41, 5.74) is -0.117. The molecule has 0 aliphatic rings. The Balaban J connectivity index is 2.84. The molecular formula is C12H17Cl2NO2S. The second-order valence-electron chi connectivity index (χ2n) is 5.07. The minimum absolute atomic E-state index is 0.00959. The smallest absolute Gasteiger partial charge is 0.181 e. The molecule has 1 rings (SSSR count). The molecule has 0 aliphatic carbocycles. The highest BCUT2D eigenvalue weighted by atomic mass is 35.5. The van der Waals surface area contributed by atoms with Crippen LogP contribution in [0, 0.1) is 0 Å². The quantitative estimate of drug-likeness (QED) is 0.929. The number of hydrogen-bond acceptors (Lipinski definition) is 3. The predicted molar refractivity (Wildman–Crippen MR) is 76.3 cm³/mol. The number of sulfone groups is 1. The summed E-state index contributed by atoms with van der Waals surface area (Å²) < 4.78 is 24.2. The molecule has 1 N–H and O–H groups in total. The largest absolute Gasteiger partial charge is 0.311 e. The van der Waals surface area contributed by atoms with Crippen LogP contribution in [0.15, 0.2) is 23.1 Å². The topological polar surface area (TPSA) is 46.2 Å². The summed E-state index contributed by atoms with van der Waals surface area (Å²) in [4.78, 5) is 0.0902. The van der Waals surface area contributed by atoms with Crippen molar-refractivity contribution in [3.05, 3.63) is 28.2 Å². The van der Waals surface area contributed by atoms with Crippen LogP contribution in [-0.4, -0.2) is 26.3 Å². The van der Waals surface area contributed by atoms with Crippen molar-refractivity contribution in [2.75, 3.05) is 12.3 Å². The minimum atomic E-state index is -3.41. The summed E-state index contributed by atoms with van der Waals surface area (Å²) in [5, 5.41) is 3.69. The number of nitrogens with one attached hydrogen (secondary N) is 1. The van der Waals surface area contributed by atoms with E-state index in [0.717, 1.165) is 0 Å². The lowest BCUT2D eigenvalue weighted by Gasteiger charge is -2.20. The highest BCUT2D eigenvalue weighted by Gasteiger charge is 2.19. The Hall–Kier alpha value is -0.290. The maximum Gasteiger partial charge on any atom is 0.181 e. The SMILES string of the molecule is CC(C)(C)NCCS(=O)(=O)c1cc(Cl)ccc1Cl. The Bertz CT molecular complexity index is 521. The normalized spacial score (nSPS) is 12.7. The number of benzene rings is 1. The first-order valence-electron chi connectivity index (χ1n) is 5.55. The molecule has 0 fully saturated rings. The predicted octanol–water partition coefficient (Wildman–Crippen LogP) is 3.16. The lowest BCUT2D eigenvalue weighted by atomic mass is 10.1. The van der Waals surface area contributed by atoms with Crippen LogP contribution in [0.25, 0.3) is 0 Å². The van der Waals surface area contributed by atoms with Gasteiger partial charge in [-0.15, -0.1) is 0 Å². The molecule has 0 aromatic heterocycles. The van der Waals surface area contributed by atoms with Crippen LogP contribution in [-0.2, 0) is 9.84 Å². The average molecular weight is 310 g/mol. The fourth-order valence-corrected chi connectivity index (χ4v) is 3.36. The van der Waals surface area contributed by atoms with Crippen LogP contribution in [0.5, 0.6) is 0 Å². The third-order valence-electron chi connectivity index (χ3n) is 2.25. The van der Waals surface area contributed by atoms with Gasteiger partial charge in [0.1, 0.15) is 0 Å². The van der Waals surface area contributed by atoms with E-state index in [1.807, 2.05) is 20.8 Å². The van der Waals surface area contributed by atoms with Gasteiger partial charge in [0.25, 0.3) is 0 Å². The molecular weight excluding hydrogens is 293 g/mol. The van der Waals surface area contributed by atoms with Gasteiger partial charge in [0.05, 0.1) is 15.7 Å². The van der Waals surface area contributed by atoms with Crippen molar-refractivity contribution >= 4 is 33.0 Å². The summed E-state index contributed by atoms with van der Waals surface area (Å²) in [7, 11) is -3.41. The molecule has 0 saturated carbocycles. The van der Waals surface area contributed by atoms with Gasteiger partial charge in [-0.25, -0.2) is 8.42 Å². The van der Waals surface area contributed by atoms with Crippen LogP contribution in [0.2, 0.25) is 10.0 Å². The second kappa shape index (κ2) is 5.78. The van der Waals surface area contributed by atoms with Crippen molar-refractivity contribution in [3.63, 3.8) is 0 Å². The molecule has 3 nitrogen and oxygen atoms in total. The summed E-state index contributed by atoms with van der Waals surface area (Å²) >= 11 is 11.7. The summed E-state index contributed by atoms with van der Waals surface area (Å²) in [6, 6.07) is 4.45. The van der Waals surface area contributed by atoms with Crippen LogP contribution in [0.3, 0.4) is 0 Å². The van der Waals surface area contributed by atoms with Crippen LogP contribution in [0.1, 0.15) is 20.8 Å². The Morgan fingerprint density at radius 2 is 1.83 bits per heavy atom. The van der Waals surface area contributed by atoms with E-state index in [-0.39, 0.29) is 21.2 Å². The lowest BCUT2D eigenvalue weighted by Crippen LogP contribution is -2.38. The van der Waals surface area contributed by atoms with Gasteiger partial charge in [-0.2, -0.15) is 0 Å². The van der Waals surface area contributed by atoms with Crippen molar-refractivity contribution in [2.24, 2.45) is 0 Å². The zero-order valence-electron chi connectivity index (χ0n) is 10.6. The molecule has 6 heteroatoms. The molecule has 0 radical (unpaired) electrons. The van der Waals surface area contributed by atoms with E-state index >= 15 is 0 Å². The van der Waals surface area contributed by atoms with Crippen LogP contribution in [0.4, 0.5) is 0 Å². The average Bonchev–Trinajstić information content (AvgIpc) is 2.19. The van der Waals surface area contributed by atoms with Crippen molar-refractivity contribution in [3.8, 4) is 0 Å². The van der Waals surface area contributed by atoms with Crippen LogP contribution < -0.4 is 5.32 Å². The van der Waals surface area contributed by atoms with E-state index in [0.29, 0.717) is 11.6 Å². The van der Waals surface area contributed by atoms with E-state index < -0.39 is 9.84 Å². The summed E-state index contributed by atoms with van der Waals surface area (Å²) in [6.07, 6.45) is 0. The third-order valence-corrected chi connectivity index (χ3v) is 4.68.